The first-order chi connectivity index (χ1) is 14.2. The lowest BCUT2D eigenvalue weighted by Gasteiger charge is -2.13. The summed E-state index contributed by atoms with van der Waals surface area (Å²) in [6, 6.07) is 11.9. The van der Waals surface area contributed by atoms with E-state index < -0.39 is 0 Å². The summed E-state index contributed by atoms with van der Waals surface area (Å²) in [4.78, 5) is 13.4. The minimum atomic E-state index is -0.337. The summed E-state index contributed by atoms with van der Waals surface area (Å²) in [5.74, 6) is 2.87. The number of imidazole rings is 1. The Morgan fingerprint density at radius 2 is 2.03 bits per heavy atom. The zero-order chi connectivity index (χ0) is 20.0. The summed E-state index contributed by atoms with van der Waals surface area (Å²) in [5, 5.41) is 0. The van der Waals surface area contributed by atoms with Gasteiger partial charge < -0.3 is 4.42 Å². The Morgan fingerprint density at radius 3 is 2.79 bits per heavy atom. The fourth-order valence-electron chi connectivity index (χ4n) is 3.69. The first-order valence-electron chi connectivity index (χ1n) is 9.07. The van der Waals surface area contributed by atoms with Crippen molar-refractivity contribution in [1.82, 2.24) is 14.5 Å². The van der Waals surface area contributed by atoms with Crippen LogP contribution in [-0.2, 0) is 0 Å². The molecule has 1 aliphatic rings. The van der Waals surface area contributed by atoms with Crippen molar-refractivity contribution in [3.63, 3.8) is 0 Å². The minimum absolute atomic E-state index is 0.311. The summed E-state index contributed by atoms with van der Waals surface area (Å²) >= 11 is 0. The van der Waals surface area contributed by atoms with Crippen molar-refractivity contribution in [2.24, 2.45) is 4.99 Å². The molecule has 0 unspecified atom stereocenters. The van der Waals surface area contributed by atoms with Crippen LogP contribution >= 0.6 is 0 Å². The van der Waals surface area contributed by atoms with E-state index in [0.717, 1.165) is 16.9 Å². The van der Waals surface area contributed by atoms with Gasteiger partial charge in [-0.05, 0) is 37.3 Å². The third-order valence-electron chi connectivity index (χ3n) is 5.00. The molecule has 29 heavy (non-hydrogen) atoms. The Balaban J connectivity index is 1.83. The number of nitrogens with zero attached hydrogens (tertiary/aromatic N) is 4. The molecule has 0 saturated carbocycles. The lowest BCUT2D eigenvalue weighted by molar-refractivity contribution is 0.568. The van der Waals surface area contributed by atoms with Gasteiger partial charge in [-0.25, -0.2) is 14.4 Å². The number of aliphatic imine (C=N–C) groups is 1. The van der Waals surface area contributed by atoms with Crippen LogP contribution in [0.15, 0.2) is 70.8 Å². The minimum Gasteiger partial charge on any atom is -0.442 e. The predicted molar refractivity (Wildman–Crippen MR) is 107 cm³/mol. The van der Waals surface area contributed by atoms with Crippen LogP contribution < -0.4 is 0 Å². The van der Waals surface area contributed by atoms with Gasteiger partial charge in [-0.15, -0.1) is 6.42 Å². The molecule has 5 nitrogen and oxygen atoms in total. The summed E-state index contributed by atoms with van der Waals surface area (Å²) in [5.41, 5.74) is 4.73. The quantitative estimate of drug-likeness (QED) is 0.478. The van der Waals surface area contributed by atoms with E-state index in [0.29, 0.717) is 28.3 Å². The number of hydrogen-bond acceptors (Lipinski definition) is 4. The molecule has 2 aromatic heterocycles. The maximum atomic E-state index is 14.7. The van der Waals surface area contributed by atoms with Gasteiger partial charge in [0, 0.05) is 16.7 Å². The molecule has 0 amide bonds. The number of terminal acetylenes is 1. The molecule has 5 rings (SSSR count). The van der Waals surface area contributed by atoms with Gasteiger partial charge in [0.05, 0.1) is 29.3 Å². The molecule has 6 heteroatoms. The van der Waals surface area contributed by atoms with Crippen molar-refractivity contribution in [2.45, 2.75) is 13.0 Å². The second-order valence-corrected chi connectivity index (χ2v) is 6.72. The van der Waals surface area contributed by atoms with Crippen LogP contribution in [0.3, 0.4) is 0 Å². The molecule has 0 radical (unpaired) electrons. The van der Waals surface area contributed by atoms with Crippen LogP contribution in [0.5, 0.6) is 0 Å². The van der Waals surface area contributed by atoms with E-state index >= 15 is 0 Å². The molecule has 0 spiro atoms. The van der Waals surface area contributed by atoms with Crippen LogP contribution in [0.25, 0.3) is 17.1 Å². The first-order valence-corrected chi connectivity index (χ1v) is 9.07. The third-order valence-corrected chi connectivity index (χ3v) is 5.00. The van der Waals surface area contributed by atoms with E-state index in [9.17, 15) is 4.39 Å². The fourth-order valence-corrected chi connectivity index (χ4v) is 3.69. The lowest BCUT2D eigenvalue weighted by Crippen LogP contribution is -2.09. The van der Waals surface area contributed by atoms with E-state index in [4.69, 9.17) is 15.8 Å². The second kappa shape index (κ2) is 6.57. The number of benzene rings is 2. The van der Waals surface area contributed by atoms with Crippen molar-refractivity contribution in [2.75, 3.05) is 0 Å². The third kappa shape index (κ3) is 2.67. The molecule has 0 saturated heterocycles. The SMILES string of the molecule is C#Cc1ccc2c(c1)C(c1ccccc1F)=N[C@@H](C)c1c(-c3cnco3)ncn1-2. The Bertz CT molecular complexity index is 1290. The zero-order valence-corrected chi connectivity index (χ0v) is 15.5. The highest BCUT2D eigenvalue weighted by Crippen LogP contribution is 2.36. The fraction of sp³-hybridized carbons (Fsp3) is 0.0870. The average molecular weight is 382 g/mol. The smallest absolute Gasteiger partial charge is 0.181 e. The molecule has 0 fully saturated rings. The van der Waals surface area contributed by atoms with E-state index in [2.05, 4.69) is 15.9 Å². The van der Waals surface area contributed by atoms with Crippen LogP contribution in [0.2, 0.25) is 0 Å². The van der Waals surface area contributed by atoms with Gasteiger partial charge >= 0.3 is 0 Å². The second-order valence-electron chi connectivity index (χ2n) is 6.72. The molecule has 0 bridgehead atoms. The zero-order valence-electron chi connectivity index (χ0n) is 15.5. The predicted octanol–water partition coefficient (Wildman–Crippen LogP) is 4.56. The monoisotopic (exact) mass is 382 g/mol. The van der Waals surface area contributed by atoms with Crippen molar-refractivity contribution in [3.05, 3.63) is 89.6 Å². The molecule has 1 atom stereocenters. The maximum absolute atomic E-state index is 14.7. The van der Waals surface area contributed by atoms with E-state index in [1.54, 1.807) is 30.7 Å². The molecule has 0 aliphatic carbocycles. The van der Waals surface area contributed by atoms with Gasteiger partial charge in [0.1, 0.15) is 17.8 Å². The molecule has 2 aromatic carbocycles. The normalized spacial score (nSPS) is 15.1. The van der Waals surface area contributed by atoms with Gasteiger partial charge in [-0.1, -0.05) is 18.1 Å². The molecule has 140 valence electrons. The van der Waals surface area contributed by atoms with E-state index in [1.807, 2.05) is 29.7 Å². The van der Waals surface area contributed by atoms with Crippen LogP contribution in [-0.4, -0.2) is 20.2 Å². The summed E-state index contributed by atoms with van der Waals surface area (Å²) in [6.45, 7) is 1.95. The van der Waals surface area contributed by atoms with Crippen molar-refractivity contribution in [1.29, 1.82) is 0 Å². The standard InChI is InChI=1S/C23H15FN4O/c1-3-15-8-9-19-17(10-15)21(16-6-4-5-7-18(16)24)27-14(2)23-22(26-12-28(19)23)20-11-25-13-29-20/h1,4-14H,2H3/t14-/m0/s1. The molecule has 3 heterocycles. The van der Waals surface area contributed by atoms with Gasteiger partial charge in [-0.2, -0.15) is 0 Å². The lowest BCUT2D eigenvalue weighted by atomic mass is 9.98. The molecule has 1 aliphatic heterocycles. The van der Waals surface area contributed by atoms with Crippen molar-refractivity contribution >= 4 is 5.71 Å². The number of aromatic nitrogens is 3. The van der Waals surface area contributed by atoms with Crippen molar-refractivity contribution < 1.29 is 8.81 Å². The van der Waals surface area contributed by atoms with Crippen LogP contribution in [0, 0.1) is 18.2 Å². The van der Waals surface area contributed by atoms with Gasteiger partial charge in [-0.3, -0.25) is 9.56 Å². The highest BCUT2D eigenvalue weighted by atomic mass is 19.1. The van der Waals surface area contributed by atoms with E-state index in [1.165, 1.54) is 12.5 Å². The number of hydrogen-bond donors (Lipinski definition) is 0. The largest absolute Gasteiger partial charge is 0.442 e. The van der Waals surface area contributed by atoms with Crippen LogP contribution in [0.1, 0.15) is 35.3 Å². The summed E-state index contributed by atoms with van der Waals surface area (Å²) in [7, 11) is 0. The van der Waals surface area contributed by atoms with Crippen LogP contribution in [0.4, 0.5) is 4.39 Å². The summed E-state index contributed by atoms with van der Waals surface area (Å²) < 4.78 is 22.1. The van der Waals surface area contributed by atoms with Gasteiger partial charge in [0.15, 0.2) is 12.2 Å². The van der Waals surface area contributed by atoms with Gasteiger partial charge in [0.25, 0.3) is 0 Å². The Kier molecular flexibility index (Phi) is 3.88. The van der Waals surface area contributed by atoms with Gasteiger partial charge in [0.2, 0.25) is 0 Å². The average Bonchev–Trinajstić information content (AvgIpc) is 3.39. The summed E-state index contributed by atoms with van der Waals surface area (Å²) in [6.07, 6.45) is 10.3. The molecule has 0 N–H and O–H groups in total. The van der Waals surface area contributed by atoms with E-state index in [-0.39, 0.29) is 11.9 Å². The topological polar surface area (TPSA) is 56.2 Å². The number of oxazole rings is 1. The Morgan fingerprint density at radius 1 is 1.17 bits per heavy atom. The Hall–Kier alpha value is -3.98. The highest BCUT2D eigenvalue weighted by Gasteiger charge is 2.28. The number of halogens is 1. The Labute approximate surface area is 166 Å². The maximum Gasteiger partial charge on any atom is 0.181 e. The number of fused-ring (bicyclic) bond motifs is 3. The first kappa shape index (κ1) is 17.1. The molecule has 4 aromatic rings. The van der Waals surface area contributed by atoms with Crippen molar-refractivity contribution in [3.8, 4) is 29.5 Å². The molecular formula is C23H15FN4O. The highest BCUT2D eigenvalue weighted by molar-refractivity contribution is 6.15. The molecular weight excluding hydrogens is 367 g/mol. The number of rotatable bonds is 2.